The minimum Gasteiger partial charge on any atom is -0.353 e. The van der Waals surface area contributed by atoms with Crippen LogP contribution in [0.2, 0.25) is 0 Å². The summed E-state index contributed by atoms with van der Waals surface area (Å²) < 4.78 is 0. The van der Waals surface area contributed by atoms with Gasteiger partial charge in [-0.1, -0.05) is 30.3 Å². The molecule has 3 nitrogen and oxygen atoms in total. The van der Waals surface area contributed by atoms with Crippen LogP contribution < -0.4 is 5.32 Å². The van der Waals surface area contributed by atoms with Crippen molar-refractivity contribution < 1.29 is 4.79 Å². The van der Waals surface area contributed by atoms with Gasteiger partial charge in [0.15, 0.2) is 0 Å². The van der Waals surface area contributed by atoms with Crippen LogP contribution in [0.15, 0.2) is 30.3 Å². The Bertz CT molecular complexity index is 394. The summed E-state index contributed by atoms with van der Waals surface area (Å²) in [6, 6.07) is 10.9. The molecule has 19 heavy (non-hydrogen) atoms. The molecule has 1 N–H and O–H groups in total. The van der Waals surface area contributed by atoms with E-state index in [1.165, 1.54) is 5.56 Å². The number of carbonyl (C=O) groups excluding carboxylic acids is 1. The molecule has 104 valence electrons. The van der Waals surface area contributed by atoms with E-state index >= 15 is 0 Å². The number of amides is 1. The molecule has 3 heteroatoms. The second kappa shape index (κ2) is 6.71. The molecule has 0 atom stereocenters. The Kier molecular flexibility index (Phi) is 4.97. The molecule has 1 aliphatic heterocycles. The van der Waals surface area contributed by atoms with E-state index in [1.807, 2.05) is 13.8 Å². The van der Waals surface area contributed by atoms with Crippen molar-refractivity contribution in [3.05, 3.63) is 35.9 Å². The molecule has 0 aliphatic carbocycles. The number of nitrogens with zero attached hydrogens (tertiary/aromatic N) is 1. The van der Waals surface area contributed by atoms with E-state index in [9.17, 15) is 4.79 Å². The highest BCUT2D eigenvalue weighted by Crippen LogP contribution is 2.27. The summed E-state index contributed by atoms with van der Waals surface area (Å²) in [6.45, 7) is 6.58. The summed E-state index contributed by atoms with van der Waals surface area (Å²) in [5.74, 6) is 0.804. The summed E-state index contributed by atoms with van der Waals surface area (Å²) >= 11 is 0. The minimum atomic E-state index is 0.146. The molecule has 1 aliphatic rings. The fourth-order valence-electron chi connectivity index (χ4n) is 2.72. The van der Waals surface area contributed by atoms with Crippen LogP contribution in [0.1, 0.15) is 38.2 Å². The highest BCUT2D eigenvalue weighted by Gasteiger charge is 2.21. The Morgan fingerprint density at radius 2 is 1.89 bits per heavy atom. The Morgan fingerprint density at radius 1 is 1.26 bits per heavy atom. The number of likely N-dealkylation sites (tertiary alicyclic amines) is 1. The fraction of sp³-hybridized carbons (Fsp3) is 0.562. The van der Waals surface area contributed by atoms with E-state index < -0.39 is 0 Å². The molecular formula is C16H24N2O. The number of benzene rings is 1. The second-order valence-corrected chi connectivity index (χ2v) is 5.68. The zero-order valence-electron chi connectivity index (χ0n) is 11.9. The molecule has 1 aromatic rings. The van der Waals surface area contributed by atoms with E-state index in [4.69, 9.17) is 0 Å². The van der Waals surface area contributed by atoms with Crippen molar-refractivity contribution in [2.45, 2.75) is 38.6 Å². The number of carbonyl (C=O) groups is 1. The van der Waals surface area contributed by atoms with Gasteiger partial charge in [-0.2, -0.15) is 0 Å². The summed E-state index contributed by atoms with van der Waals surface area (Å²) in [5.41, 5.74) is 1.44. The molecule has 0 aromatic heterocycles. The maximum atomic E-state index is 11.7. The lowest BCUT2D eigenvalue weighted by Crippen LogP contribution is -2.43. The van der Waals surface area contributed by atoms with E-state index in [1.54, 1.807) is 0 Å². The van der Waals surface area contributed by atoms with Crippen molar-refractivity contribution in [1.29, 1.82) is 0 Å². The Hall–Kier alpha value is -1.35. The molecule has 1 saturated heterocycles. The van der Waals surface area contributed by atoms with Crippen molar-refractivity contribution in [3.63, 3.8) is 0 Å². The van der Waals surface area contributed by atoms with Crippen LogP contribution in [0.5, 0.6) is 0 Å². The number of nitrogens with one attached hydrogen (secondary N) is 1. The van der Waals surface area contributed by atoms with Crippen LogP contribution in [-0.4, -0.2) is 36.5 Å². The Labute approximate surface area is 116 Å². The van der Waals surface area contributed by atoms with Gasteiger partial charge < -0.3 is 5.32 Å². The smallest absolute Gasteiger partial charge is 0.234 e. The minimum absolute atomic E-state index is 0.146. The molecule has 0 saturated carbocycles. The largest absolute Gasteiger partial charge is 0.353 e. The average Bonchev–Trinajstić information content (AvgIpc) is 2.39. The van der Waals surface area contributed by atoms with Gasteiger partial charge in [0.2, 0.25) is 5.91 Å². The van der Waals surface area contributed by atoms with Gasteiger partial charge in [-0.15, -0.1) is 0 Å². The maximum Gasteiger partial charge on any atom is 0.234 e. The molecule has 2 rings (SSSR count). The maximum absolute atomic E-state index is 11.7. The normalized spacial score (nSPS) is 17.6. The van der Waals surface area contributed by atoms with Crippen LogP contribution in [0, 0.1) is 0 Å². The highest BCUT2D eigenvalue weighted by molar-refractivity contribution is 5.78. The predicted octanol–water partition coefficient (Wildman–Crippen LogP) is 2.39. The quantitative estimate of drug-likeness (QED) is 0.901. The van der Waals surface area contributed by atoms with Gasteiger partial charge in [-0.3, -0.25) is 9.69 Å². The van der Waals surface area contributed by atoms with E-state index in [0.29, 0.717) is 12.5 Å². The van der Waals surface area contributed by atoms with Crippen LogP contribution in [0.4, 0.5) is 0 Å². The van der Waals surface area contributed by atoms with Crippen LogP contribution >= 0.6 is 0 Å². The third-order valence-electron chi connectivity index (χ3n) is 3.68. The Morgan fingerprint density at radius 3 is 2.47 bits per heavy atom. The lowest BCUT2D eigenvalue weighted by molar-refractivity contribution is -0.123. The zero-order valence-corrected chi connectivity index (χ0v) is 11.9. The van der Waals surface area contributed by atoms with Gasteiger partial charge in [0.05, 0.1) is 6.54 Å². The second-order valence-electron chi connectivity index (χ2n) is 5.68. The van der Waals surface area contributed by atoms with Gasteiger partial charge in [0, 0.05) is 6.04 Å². The van der Waals surface area contributed by atoms with Crippen molar-refractivity contribution >= 4 is 5.91 Å². The van der Waals surface area contributed by atoms with Crippen molar-refractivity contribution in [2.75, 3.05) is 19.6 Å². The third-order valence-corrected chi connectivity index (χ3v) is 3.68. The van der Waals surface area contributed by atoms with Gasteiger partial charge in [-0.25, -0.2) is 0 Å². The van der Waals surface area contributed by atoms with Gasteiger partial charge in [0.1, 0.15) is 0 Å². The van der Waals surface area contributed by atoms with E-state index in [-0.39, 0.29) is 11.9 Å². The SMILES string of the molecule is CC(C)NC(=O)CN1CCC(c2ccccc2)CC1. The van der Waals surface area contributed by atoms with E-state index in [0.717, 1.165) is 25.9 Å². The first-order valence-electron chi connectivity index (χ1n) is 7.22. The first-order valence-corrected chi connectivity index (χ1v) is 7.22. The van der Waals surface area contributed by atoms with Gasteiger partial charge in [0.25, 0.3) is 0 Å². The van der Waals surface area contributed by atoms with Crippen LogP contribution in [-0.2, 0) is 4.79 Å². The van der Waals surface area contributed by atoms with Crippen molar-refractivity contribution in [1.82, 2.24) is 10.2 Å². The van der Waals surface area contributed by atoms with E-state index in [2.05, 4.69) is 40.5 Å². The monoisotopic (exact) mass is 260 g/mol. The lowest BCUT2D eigenvalue weighted by atomic mass is 9.89. The number of hydrogen-bond donors (Lipinski definition) is 1. The number of rotatable bonds is 4. The molecule has 1 amide bonds. The van der Waals surface area contributed by atoms with Gasteiger partial charge in [-0.05, 0) is 51.3 Å². The molecule has 1 heterocycles. The zero-order chi connectivity index (χ0) is 13.7. The third kappa shape index (κ3) is 4.35. The summed E-state index contributed by atoms with van der Waals surface area (Å²) in [7, 11) is 0. The molecule has 0 radical (unpaired) electrons. The fourth-order valence-corrected chi connectivity index (χ4v) is 2.72. The molecule has 0 unspecified atom stereocenters. The number of hydrogen-bond acceptors (Lipinski definition) is 2. The predicted molar refractivity (Wildman–Crippen MR) is 78.1 cm³/mol. The molecule has 0 spiro atoms. The highest BCUT2D eigenvalue weighted by atomic mass is 16.2. The van der Waals surface area contributed by atoms with Crippen LogP contribution in [0.3, 0.4) is 0 Å². The van der Waals surface area contributed by atoms with Crippen molar-refractivity contribution in [3.8, 4) is 0 Å². The summed E-state index contributed by atoms with van der Waals surface area (Å²) in [4.78, 5) is 14.0. The van der Waals surface area contributed by atoms with Crippen molar-refractivity contribution in [2.24, 2.45) is 0 Å². The standard InChI is InChI=1S/C16H24N2O/c1-13(2)17-16(19)12-18-10-8-15(9-11-18)14-6-4-3-5-7-14/h3-7,13,15H,8-12H2,1-2H3,(H,17,19). The summed E-state index contributed by atoms with van der Waals surface area (Å²) in [6.07, 6.45) is 2.30. The molecule has 0 bridgehead atoms. The number of piperidine rings is 1. The first-order chi connectivity index (χ1) is 9.15. The van der Waals surface area contributed by atoms with Crippen LogP contribution in [0.25, 0.3) is 0 Å². The first kappa shape index (κ1) is 14.1. The average molecular weight is 260 g/mol. The summed E-state index contributed by atoms with van der Waals surface area (Å²) in [5, 5.41) is 2.95. The Balaban J connectivity index is 1.78. The lowest BCUT2D eigenvalue weighted by Gasteiger charge is -2.31. The van der Waals surface area contributed by atoms with Gasteiger partial charge >= 0.3 is 0 Å². The molecular weight excluding hydrogens is 236 g/mol. The molecule has 1 aromatic carbocycles. The molecule has 1 fully saturated rings. The topological polar surface area (TPSA) is 32.3 Å².